The minimum absolute atomic E-state index is 0.0407. The Kier molecular flexibility index (Phi) is 5.40. The third kappa shape index (κ3) is 3.96. The van der Waals surface area contributed by atoms with Gasteiger partial charge in [-0.2, -0.15) is 5.26 Å². The SMILES string of the molecule is N#Cc1cc(Cl)cc(Oc2c(Br)ccc(Cc3ccc[nH]c3=O)c2F)c1. The Hall–Kier alpha value is -2.62. The van der Waals surface area contributed by atoms with Crippen molar-refractivity contribution >= 4 is 27.5 Å². The van der Waals surface area contributed by atoms with Crippen molar-refractivity contribution in [2.75, 3.05) is 0 Å². The third-order valence-corrected chi connectivity index (χ3v) is 4.47. The number of rotatable bonds is 4. The van der Waals surface area contributed by atoms with Crippen LogP contribution in [0.5, 0.6) is 11.5 Å². The molecule has 0 radical (unpaired) electrons. The van der Waals surface area contributed by atoms with Gasteiger partial charge in [0.25, 0.3) is 5.56 Å². The van der Waals surface area contributed by atoms with E-state index in [0.29, 0.717) is 26.2 Å². The molecule has 1 N–H and O–H groups in total. The van der Waals surface area contributed by atoms with Crippen molar-refractivity contribution in [2.45, 2.75) is 6.42 Å². The number of halogens is 3. The second-order valence-corrected chi connectivity index (χ2v) is 6.73. The largest absolute Gasteiger partial charge is 0.453 e. The van der Waals surface area contributed by atoms with E-state index in [0.717, 1.165) is 0 Å². The first kappa shape index (κ1) is 18.2. The normalized spacial score (nSPS) is 10.4. The molecular formula is C19H11BrClFN2O2. The molecule has 130 valence electrons. The number of ether oxygens (including phenoxy) is 1. The van der Waals surface area contributed by atoms with Crippen LogP contribution in [0.4, 0.5) is 4.39 Å². The lowest BCUT2D eigenvalue weighted by molar-refractivity contribution is 0.436. The minimum Gasteiger partial charge on any atom is -0.453 e. The maximum Gasteiger partial charge on any atom is 0.251 e. The molecule has 0 aliphatic carbocycles. The van der Waals surface area contributed by atoms with Gasteiger partial charge in [0.2, 0.25) is 0 Å². The predicted octanol–water partition coefficient (Wildman–Crippen LogP) is 5.18. The number of hydrogen-bond donors (Lipinski definition) is 1. The van der Waals surface area contributed by atoms with Crippen LogP contribution in [0.15, 0.2) is 57.9 Å². The average Bonchev–Trinajstić information content (AvgIpc) is 2.62. The zero-order valence-corrected chi connectivity index (χ0v) is 15.6. The molecule has 3 rings (SSSR count). The maximum atomic E-state index is 15.0. The van der Waals surface area contributed by atoms with Crippen LogP contribution in [-0.4, -0.2) is 4.98 Å². The van der Waals surface area contributed by atoms with Crippen molar-refractivity contribution in [3.05, 3.63) is 91.0 Å². The number of H-pyrrole nitrogens is 1. The molecule has 0 amide bonds. The van der Waals surface area contributed by atoms with E-state index in [1.807, 2.05) is 6.07 Å². The second-order valence-electron chi connectivity index (χ2n) is 5.44. The van der Waals surface area contributed by atoms with Crippen LogP contribution in [0.3, 0.4) is 0 Å². The van der Waals surface area contributed by atoms with Crippen molar-refractivity contribution in [1.29, 1.82) is 5.26 Å². The molecule has 1 aromatic heterocycles. The number of aromatic nitrogens is 1. The highest BCUT2D eigenvalue weighted by atomic mass is 79.9. The van der Waals surface area contributed by atoms with Gasteiger partial charge < -0.3 is 9.72 Å². The molecule has 0 atom stereocenters. The summed E-state index contributed by atoms with van der Waals surface area (Å²) in [6.45, 7) is 0. The lowest BCUT2D eigenvalue weighted by Crippen LogP contribution is -2.12. The standard InChI is InChI=1S/C19H11BrClFN2O2/c20-16-4-3-12(8-13-2-1-5-24-19(13)25)17(22)18(16)26-15-7-11(10-23)6-14(21)9-15/h1-7,9H,8H2,(H,24,25). The summed E-state index contributed by atoms with van der Waals surface area (Å²) in [5.74, 6) is -0.398. The summed E-state index contributed by atoms with van der Waals surface area (Å²) in [6, 6.07) is 12.9. The summed E-state index contributed by atoms with van der Waals surface area (Å²) in [7, 11) is 0. The van der Waals surface area contributed by atoms with Gasteiger partial charge in [0, 0.05) is 23.2 Å². The number of hydrogen-bond acceptors (Lipinski definition) is 3. The molecule has 0 aliphatic heterocycles. The van der Waals surface area contributed by atoms with Crippen LogP contribution in [0.2, 0.25) is 5.02 Å². The number of nitrogens with one attached hydrogen (secondary N) is 1. The molecular weight excluding hydrogens is 423 g/mol. The van der Waals surface area contributed by atoms with E-state index in [9.17, 15) is 9.18 Å². The molecule has 0 spiro atoms. The molecule has 0 unspecified atom stereocenters. The molecule has 26 heavy (non-hydrogen) atoms. The van der Waals surface area contributed by atoms with E-state index in [-0.39, 0.29) is 23.5 Å². The van der Waals surface area contributed by atoms with Crippen molar-refractivity contribution in [2.24, 2.45) is 0 Å². The Balaban J connectivity index is 1.98. The molecule has 0 saturated heterocycles. The number of pyridine rings is 1. The van der Waals surface area contributed by atoms with E-state index >= 15 is 0 Å². The maximum absolute atomic E-state index is 15.0. The van der Waals surface area contributed by atoms with E-state index in [1.165, 1.54) is 24.4 Å². The van der Waals surface area contributed by atoms with Gasteiger partial charge in [-0.3, -0.25) is 4.79 Å². The fourth-order valence-corrected chi connectivity index (χ4v) is 3.02. The summed E-state index contributed by atoms with van der Waals surface area (Å²) < 4.78 is 21.0. The molecule has 0 aliphatic rings. The fraction of sp³-hybridized carbons (Fsp3) is 0.0526. The van der Waals surface area contributed by atoms with Crippen LogP contribution >= 0.6 is 27.5 Å². The zero-order valence-electron chi connectivity index (χ0n) is 13.2. The smallest absolute Gasteiger partial charge is 0.251 e. The Labute approximate surface area is 161 Å². The quantitative estimate of drug-likeness (QED) is 0.616. The van der Waals surface area contributed by atoms with Crippen molar-refractivity contribution in [3.8, 4) is 17.6 Å². The van der Waals surface area contributed by atoms with Gasteiger partial charge in [0.05, 0.1) is 16.1 Å². The number of nitriles is 1. The average molecular weight is 434 g/mol. The molecule has 1 heterocycles. The van der Waals surface area contributed by atoms with Crippen molar-refractivity contribution in [3.63, 3.8) is 0 Å². The van der Waals surface area contributed by atoms with E-state index in [2.05, 4.69) is 20.9 Å². The van der Waals surface area contributed by atoms with E-state index in [1.54, 1.807) is 24.3 Å². The van der Waals surface area contributed by atoms with E-state index in [4.69, 9.17) is 21.6 Å². The molecule has 7 heteroatoms. The Bertz CT molecular complexity index is 1080. The van der Waals surface area contributed by atoms with Gasteiger partial charge in [0.1, 0.15) is 5.75 Å². The number of benzene rings is 2. The fourth-order valence-electron chi connectivity index (χ4n) is 2.41. The first-order valence-electron chi connectivity index (χ1n) is 7.50. The van der Waals surface area contributed by atoms with Gasteiger partial charge in [0.15, 0.2) is 11.6 Å². The highest BCUT2D eigenvalue weighted by molar-refractivity contribution is 9.10. The van der Waals surface area contributed by atoms with E-state index < -0.39 is 5.82 Å². The van der Waals surface area contributed by atoms with Crippen LogP contribution in [0.1, 0.15) is 16.7 Å². The Morgan fingerprint density at radius 3 is 2.77 bits per heavy atom. The van der Waals surface area contributed by atoms with Gasteiger partial charge in [-0.1, -0.05) is 23.7 Å². The molecule has 0 saturated carbocycles. The van der Waals surface area contributed by atoms with Crippen molar-refractivity contribution in [1.82, 2.24) is 4.98 Å². The van der Waals surface area contributed by atoms with Crippen LogP contribution in [-0.2, 0) is 6.42 Å². The highest BCUT2D eigenvalue weighted by Gasteiger charge is 2.16. The summed E-state index contributed by atoms with van der Waals surface area (Å²) in [6.07, 6.45) is 1.63. The Morgan fingerprint density at radius 1 is 1.23 bits per heavy atom. The lowest BCUT2D eigenvalue weighted by Gasteiger charge is -2.12. The summed E-state index contributed by atoms with van der Waals surface area (Å²) in [4.78, 5) is 14.4. The zero-order chi connectivity index (χ0) is 18.7. The summed E-state index contributed by atoms with van der Waals surface area (Å²) >= 11 is 9.22. The van der Waals surface area contributed by atoms with Crippen LogP contribution < -0.4 is 10.3 Å². The van der Waals surface area contributed by atoms with Gasteiger partial charge in [-0.05, 0) is 51.8 Å². The molecule has 4 nitrogen and oxygen atoms in total. The first-order valence-corrected chi connectivity index (χ1v) is 8.67. The van der Waals surface area contributed by atoms with Gasteiger partial charge in [-0.15, -0.1) is 0 Å². The monoisotopic (exact) mass is 432 g/mol. The predicted molar refractivity (Wildman–Crippen MR) is 100 cm³/mol. The summed E-state index contributed by atoms with van der Waals surface area (Å²) in [5, 5.41) is 9.32. The minimum atomic E-state index is -0.596. The molecule has 3 aromatic rings. The number of aromatic amines is 1. The topological polar surface area (TPSA) is 65.9 Å². The van der Waals surface area contributed by atoms with Crippen LogP contribution in [0.25, 0.3) is 0 Å². The molecule has 0 fully saturated rings. The molecule has 0 bridgehead atoms. The van der Waals surface area contributed by atoms with Gasteiger partial charge >= 0.3 is 0 Å². The first-order chi connectivity index (χ1) is 12.5. The van der Waals surface area contributed by atoms with Gasteiger partial charge in [-0.25, -0.2) is 4.39 Å². The van der Waals surface area contributed by atoms with Crippen molar-refractivity contribution < 1.29 is 9.13 Å². The third-order valence-electron chi connectivity index (χ3n) is 3.63. The Morgan fingerprint density at radius 2 is 2.04 bits per heavy atom. The lowest BCUT2D eigenvalue weighted by atomic mass is 10.1. The summed E-state index contributed by atoms with van der Waals surface area (Å²) in [5.41, 5.74) is 0.776. The second kappa shape index (κ2) is 7.73. The van der Waals surface area contributed by atoms with Crippen LogP contribution in [0, 0.1) is 17.1 Å². The molecule has 2 aromatic carbocycles. The highest BCUT2D eigenvalue weighted by Crippen LogP contribution is 2.35. The number of nitrogens with zero attached hydrogens (tertiary/aromatic N) is 1.